The third-order valence-electron chi connectivity index (χ3n) is 5.12. The number of benzene rings is 1. The lowest BCUT2D eigenvalue weighted by molar-refractivity contribution is -0.181. The second kappa shape index (κ2) is 6.16. The first-order valence-electron chi connectivity index (χ1n) is 8.49. The average molecular weight is 325 g/mol. The van der Waals surface area contributed by atoms with Crippen molar-refractivity contribution in [1.82, 2.24) is 10.3 Å². The highest BCUT2D eigenvalue weighted by atomic mass is 16.6. The molecule has 126 valence electrons. The number of anilines is 1. The van der Waals surface area contributed by atoms with Gasteiger partial charge >= 0.3 is 0 Å². The zero-order valence-electron chi connectivity index (χ0n) is 13.9. The number of ether oxygens (including phenoxy) is 1. The van der Waals surface area contributed by atoms with Gasteiger partial charge in [-0.15, -0.1) is 0 Å². The number of aliphatic hydroxyl groups is 1. The molecule has 5 nitrogen and oxygen atoms in total. The molecule has 1 saturated heterocycles. The molecule has 0 saturated carbocycles. The molecular formula is C19H23N3O2. The summed E-state index contributed by atoms with van der Waals surface area (Å²) < 4.78 is 6.00. The van der Waals surface area contributed by atoms with Gasteiger partial charge in [0.1, 0.15) is 0 Å². The van der Waals surface area contributed by atoms with Crippen LogP contribution >= 0.6 is 0 Å². The van der Waals surface area contributed by atoms with E-state index in [1.165, 1.54) is 0 Å². The molecule has 24 heavy (non-hydrogen) atoms. The molecule has 1 unspecified atom stereocenters. The summed E-state index contributed by atoms with van der Waals surface area (Å²) in [5.74, 6) is 0. The van der Waals surface area contributed by atoms with Gasteiger partial charge < -0.3 is 20.1 Å². The van der Waals surface area contributed by atoms with Crippen molar-refractivity contribution in [3.8, 4) is 0 Å². The second-order valence-electron chi connectivity index (χ2n) is 6.70. The number of aliphatic hydroxyl groups excluding tert-OH is 1. The number of pyridine rings is 1. The maximum Gasteiger partial charge on any atom is 0.182 e. The molecule has 2 N–H and O–H groups in total. The number of nitrogens with one attached hydrogen (secondary N) is 1. The van der Waals surface area contributed by atoms with Gasteiger partial charge in [-0.2, -0.15) is 0 Å². The molecule has 2 aliphatic heterocycles. The van der Waals surface area contributed by atoms with Crippen LogP contribution in [0.25, 0.3) is 0 Å². The Balaban J connectivity index is 1.60. The summed E-state index contributed by atoms with van der Waals surface area (Å²) >= 11 is 0. The minimum absolute atomic E-state index is 0.319. The molecular weight excluding hydrogens is 302 g/mol. The zero-order chi connectivity index (χ0) is 16.6. The van der Waals surface area contributed by atoms with Crippen molar-refractivity contribution in [2.45, 2.75) is 31.3 Å². The SMILES string of the molecule is CN(Cc1cccnc1)c1ccc2c(c1)C(O)OC21CCNCC1. The maximum atomic E-state index is 10.4. The first-order valence-corrected chi connectivity index (χ1v) is 8.49. The lowest BCUT2D eigenvalue weighted by Gasteiger charge is -2.34. The van der Waals surface area contributed by atoms with Gasteiger partial charge in [-0.05, 0) is 55.3 Å². The van der Waals surface area contributed by atoms with E-state index in [0.717, 1.165) is 54.9 Å². The second-order valence-corrected chi connectivity index (χ2v) is 6.70. The van der Waals surface area contributed by atoms with Crippen LogP contribution in [0.5, 0.6) is 0 Å². The summed E-state index contributed by atoms with van der Waals surface area (Å²) in [5.41, 5.74) is 3.97. The molecule has 1 fully saturated rings. The van der Waals surface area contributed by atoms with Crippen molar-refractivity contribution >= 4 is 5.69 Å². The fourth-order valence-electron chi connectivity index (χ4n) is 3.82. The van der Waals surface area contributed by atoms with Gasteiger partial charge in [0.2, 0.25) is 0 Å². The third-order valence-corrected chi connectivity index (χ3v) is 5.12. The van der Waals surface area contributed by atoms with Gasteiger partial charge in [0.25, 0.3) is 0 Å². The van der Waals surface area contributed by atoms with Crippen molar-refractivity contribution in [2.75, 3.05) is 25.0 Å². The normalized spacial score (nSPS) is 21.7. The van der Waals surface area contributed by atoms with Crippen molar-refractivity contribution < 1.29 is 9.84 Å². The van der Waals surface area contributed by atoms with Crippen LogP contribution in [0.15, 0.2) is 42.7 Å². The summed E-state index contributed by atoms with van der Waals surface area (Å²) in [6.45, 7) is 2.63. The molecule has 5 heteroatoms. The number of aromatic nitrogens is 1. The molecule has 4 rings (SSSR count). The minimum atomic E-state index is -0.829. The summed E-state index contributed by atoms with van der Waals surface area (Å²) in [6, 6.07) is 10.3. The highest BCUT2D eigenvalue weighted by Crippen LogP contribution is 2.48. The molecule has 0 aliphatic carbocycles. The van der Waals surface area contributed by atoms with Crippen molar-refractivity contribution in [3.63, 3.8) is 0 Å². The summed E-state index contributed by atoms with van der Waals surface area (Å²) in [5, 5.41) is 13.8. The van der Waals surface area contributed by atoms with Crippen molar-refractivity contribution in [1.29, 1.82) is 0 Å². The first kappa shape index (κ1) is 15.6. The Labute approximate surface area is 142 Å². The number of hydrogen-bond acceptors (Lipinski definition) is 5. The lowest BCUT2D eigenvalue weighted by atomic mass is 9.84. The summed E-state index contributed by atoms with van der Waals surface area (Å²) in [7, 11) is 2.05. The van der Waals surface area contributed by atoms with Crippen LogP contribution in [0.3, 0.4) is 0 Å². The summed E-state index contributed by atoms with van der Waals surface area (Å²) in [6.07, 6.45) is 4.64. The molecule has 3 heterocycles. The Kier molecular flexibility index (Phi) is 4.00. The Morgan fingerprint density at radius 3 is 2.92 bits per heavy atom. The fraction of sp³-hybridized carbons (Fsp3) is 0.421. The van der Waals surface area contributed by atoms with E-state index in [1.807, 2.05) is 12.3 Å². The standard InChI is InChI=1S/C19H23N3O2/c1-22(13-14-3-2-8-21-12-14)15-4-5-17-16(11-15)18(23)24-19(17)6-9-20-10-7-19/h2-5,8,11-12,18,20,23H,6-7,9-10,13H2,1H3. The van der Waals surface area contributed by atoms with Gasteiger partial charge in [0, 0.05) is 37.2 Å². The van der Waals surface area contributed by atoms with E-state index >= 15 is 0 Å². The molecule has 1 spiro atoms. The van der Waals surface area contributed by atoms with E-state index in [-0.39, 0.29) is 5.60 Å². The van der Waals surface area contributed by atoms with E-state index in [0.29, 0.717) is 0 Å². The van der Waals surface area contributed by atoms with Crippen LogP contribution in [0.2, 0.25) is 0 Å². The Morgan fingerprint density at radius 2 is 2.17 bits per heavy atom. The number of piperidine rings is 1. The predicted octanol–water partition coefficient (Wildman–Crippen LogP) is 2.32. The van der Waals surface area contributed by atoms with Crippen molar-refractivity contribution in [2.24, 2.45) is 0 Å². The highest BCUT2D eigenvalue weighted by Gasteiger charge is 2.45. The minimum Gasteiger partial charge on any atom is -0.370 e. The van der Waals surface area contributed by atoms with E-state index < -0.39 is 6.29 Å². The molecule has 0 bridgehead atoms. The molecule has 2 aliphatic rings. The number of hydrogen-bond donors (Lipinski definition) is 2. The Morgan fingerprint density at radius 1 is 1.33 bits per heavy atom. The van der Waals surface area contributed by atoms with Gasteiger partial charge in [0.15, 0.2) is 6.29 Å². The first-order chi connectivity index (χ1) is 11.7. The fourth-order valence-corrected chi connectivity index (χ4v) is 3.82. The molecule has 1 atom stereocenters. The van der Waals surface area contributed by atoms with E-state index in [2.05, 4.69) is 46.5 Å². The number of nitrogens with zero attached hydrogens (tertiary/aromatic N) is 2. The Hall–Kier alpha value is -1.95. The molecule has 0 radical (unpaired) electrons. The lowest BCUT2D eigenvalue weighted by Crippen LogP contribution is -2.39. The zero-order valence-corrected chi connectivity index (χ0v) is 13.9. The topological polar surface area (TPSA) is 57.6 Å². The largest absolute Gasteiger partial charge is 0.370 e. The van der Waals surface area contributed by atoms with Gasteiger partial charge in [0.05, 0.1) is 5.60 Å². The van der Waals surface area contributed by atoms with Crippen LogP contribution < -0.4 is 10.2 Å². The molecule has 0 amide bonds. The number of rotatable bonds is 3. The molecule has 2 aromatic rings. The predicted molar refractivity (Wildman–Crippen MR) is 92.6 cm³/mol. The molecule has 1 aromatic heterocycles. The average Bonchev–Trinajstić information content (AvgIpc) is 2.88. The van der Waals surface area contributed by atoms with Crippen LogP contribution in [0.4, 0.5) is 5.69 Å². The summed E-state index contributed by atoms with van der Waals surface area (Å²) in [4.78, 5) is 6.33. The van der Waals surface area contributed by atoms with Gasteiger partial charge in [-0.1, -0.05) is 12.1 Å². The molecule has 1 aromatic carbocycles. The Bertz CT molecular complexity index is 714. The third kappa shape index (κ3) is 2.69. The van der Waals surface area contributed by atoms with Crippen LogP contribution in [-0.4, -0.2) is 30.2 Å². The van der Waals surface area contributed by atoms with Crippen LogP contribution in [0.1, 0.15) is 35.8 Å². The van der Waals surface area contributed by atoms with E-state index in [9.17, 15) is 5.11 Å². The van der Waals surface area contributed by atoms with E-state index in [4.69, 9.17) is 4.74 Å². The van der Waals surface area contributed by atoms with Crippen molar-refractivity contribution in [3.05, 3.63) is 59.4 Å². The maximum absolute atomic E-state index is 10.4. The quantitative estimate of drug-likeness (QED) is 0.907. The monoisotopic (exact) mass is 325 g/mol. The number of fused-ring (bicyclic) bond motifs is 2. The van der Waals surface area contributed by atoms with E-state index in [1.54, 1.807) is 6.20 Å². The van der Waals surface area contributed by atoms with Crippen LogP contribution in [0, 0.1) is 0 Å². The van der Waals surface area contributed by atoms with Gasteiger partial charge in [-0.3, -0.25) is 4.98 Å². The smallest absolute Gasteiger partial charge is 0.182 e. The van der Waals surface area contributed by atoms with Gasteiger partial charge in [-0.25, -0.2) is 0 Å². The van der Waals surface area contributed by atoms with Crippen LogP contribution in [-0.2, 0) is 16.9 Å². The highest BCUT2D eigenvalue weighted by molar-refractivity contribution is 5.53.